The lowest BCUT2D eigenvalue weighted by Crippen LogP contribution is -1.95. The molecule has 13 heavy (non-hydrogen) atoms. The van der Waals surface area contributed by atoms with Crippen LogP contribution in [0.15, 0.2) is 12.1 Å². The average molecular weight is 235 g/mol. The van der Waals surface area contributed by atoms with Gasteiger partial charge in [0.1, 0.15) is 11.6 Å². The Bertz CT molecular complexity index is 355. The van der Waals surface area contributed by atoms with Crippen molar-refractivity contribution in [2.24, 2.45) is 0 Å². The zero-order valence-corrected chi connectivity index (χ0v) is 8.75. The summed E-state index contributed by atoms with van der Waals surface area (Å²) in [5.41, 5.74) is 0. The molecule has 0 aliphatic carbocycles. The number of halogens is 3. The van der Waals surface area contributed by atoms with Gasteiger partial charge < -0.3 is 4.74 Å². The highest BCUT2D eigenvalue weighted by Crippen LogP contribution is 2.37. The molecule has 0 unspecified atom stereocenters. The lowest BCUT2D eigenvalue weighted by atomic mass is 10.3. The van der Waals surface area contributed by atoms with Crippen LogP contribution in [0.5, 0.6) is 5.75 Å². The van der Waals surface area contributed by atoms with Crippen molar-refractivity contribution in [2.75, 3.05) is 6.61 Å². The van der Waals surface area contributed by atoms with Crippen molar-refractivity contribution in [3.63, 3.8) is 0 Å². The van der Waals surface area contributed by atoms with E-state index >= 15 is 0 Å². The van der Waals surface area contributed by atoms with E-state index in [-0.39, 0.29) is 11.6 Å². The van der Waals surface area contributed by atoms with Gasteiger partial charge in [0, 0.05) is 0 Å². The van der Waals surface area contributed by atoms with E-state index in [1.165, 1.54) is 0 Å². The summed E-state index contributed by atoms with van der Waals surface area (Å²) >= 11 is 17.4. The maximum Gasteiger partial charge on any atom is 0.159 e. The van der Waals surface area contributed by atoms with Crippen molar-refractivity contribution >= 4 is 34.8 Å². The first kappa shape index (κ1) is 10.5. The molecule has 0 aliphatic heterocycles. The van der Waals surface area contributed by atoms with E-state index in [2.05, 4.69) is 5.92 Å². The molecule has 0 bridgehead atoms. The molecule has 4 heteroatoms. The number of benzene rings is 1. The molecule has 0 saturated heterocycles. The lowest BCUT2D eigenvalue weighted by Gasteiger charge is -2.07. The molecule has 0 N–H and O–H groups in total. The zero-order chi connectivity index (χ0) is 9.84. The van der Waals surface area contributed by atoms with E-state index in [4.69, 9.17) is 46.0 Å². The molecule has 0 spiro atoms. The molecule has 68 valence electrons. The van der Waals surface area contributed by atoms with E-state index in [9.17, 15) is 0 Å². The van der Waals surface area contributed by atoms with Crippen LogP contribution in [-0.2, 0) is 0 Å². The fraction of sp³-hybridized carbons (Fsp3) is 0.111. The van der Waals surface area contributed by atoms with Crippen LogP contribution in [0.4, 0.5) is 0 Å². The summed E-state index contributed by atoms with van der Waals surface area (Å²) in [5, 5.41) is 1.06. The second-order valence-electron chi connectivity index (χ2n) is 2.17. The smallest absolute Gasteiger partial charge is 0.159 e. The minimum atomic E-state index is 0.111. The van der Waals surface area contributed by atoms with Crippen LogP contribution in [0.2, 0.25) is 15.1 Å². The van der Waals surface area contributed by atoms with E-state index in [1.807, 2.05) is 0 Å². The predicted octanol–water partition coefficient (Wildman–Crippen LogP) is 3.66. The molecule has 0 aromatic heterocycles. The number of ether oxygens (including phenoxy) is 1. The molecule has 0 radical (unpaired) electrons. The van der Waals surface area contributed by atoms with Gasteiger partial charge in [-0.1, -0.05) is 40.7 Å². The summed E-state index contributed by atoms with van der Waals surface area (Å²) in [6, 6.07) is 3.19. The first-order valence-corrected chi connectivity index (χ1v) is 4.50. The van der Waals surface area contributed by atoms with Gasteiger partial charge in [0.15, 0.2) is 5.75 Å². The Morgan fingerprint density at radius 1 is 1.23 bits per heavy atom. The summed E-state index contributed by atoms with van der Waals surface area (Å²) in [7, 11) is 0. The minimum Gasteiger partial charge on any atom is -0.478 e. The van der Waals surface area contributed by atoms with Crippen molar-refractivity contribution in [1.29, 1.82) is 0 Å². The maximum absolute atomic E-state index is 5.82. The molecule has 0 saturated carbocycles. The second-order valence-corrected chi connectivity index (χ2v) is 3.36. The highest BCUT2D eigenvalue weighted by molar-refractivity contribution is 6.44. The van der Waals surface area contributed by atoms with Gasteiger partial charge in [-0.3, -0.25) is 0 Å². The Morgan fingerprint density at radius 2 is 1.85 bits per heavy atom. The van der Waals surface area contributed by atoms with E-state index in [1.54, 1.807) is 12.1 Å². The normalized spacial score (nSPS) is 9.38. The van der Waals surface area contributed by atoms with Crippen LogP contribution < -0.4 is 4.74 Å². The summed E-state index contributed by atoms with van der Waals surface area (Å²) in [6.45, 7) is 0.111. The van der Waals surface area contributed by atoms with Crippen molar-refractivity contribution in [3.05, 3.63) is 27.2 Å². The molecule has 0 amide bonds. The molecular formula is C9H5Cl3O. The maximum atomic E-state index is 5.82. The van der Waals surface area contributed by atoms with Crippen molar-refractivity contribution in [2.45, 2.75) is 0 Å². The van der Waals surface area contributed by atoms with Crippen molar-refractivity contribution in [3.8, 4) is 18.1 Å². The first-order chi connectivity index (χ1) is 6.16. The van der Waals surface area contributed by atoms with Crippen LogP contribution in [0.1, 0.15) is 0 Å². The molecular weight excluding hydrogens is 230 g/mol. The van der Waals surface area contributed by atoms with Gasteiger partial charge >= 0.3 is 0 Å². The summed E-state index contributed by atoms with van der Waals surface area (Å²) in [6.07, 6.45) is 5.02. The third-order valence-corrected chi connectivity index (χ3v) is 2.39. The van der Waals surface area contributed by atoms with E-state index < -0.39 is 0 Å². The Balaban J connectivity index is 3.04. The van der Waals surface area contributed by atoms with E-state index in [0.29, 0.717) is 15.8 Å². The van der Waals surface area contributed by atoms with Gasteiger partial charge in [0.2, 0.25) is 0 Å². The molecule has 1 aromatic carbocycles. The highest BCUT2D eigenvalue weighted by Gasteiger charge is 2.09. The van der Waals surface area contributed by atoms with Crippen LogP contribution in [-0.4, -0.2) is 6.61 Å². The number of hydrogen-bond acceptors (Lipinski definition) is 1. The largest absolute Gasteiger partial charge is 0.478 e. The topological polar surface area (TPSA) is 9.23 Å². The van der Waals surface area contributed by atoms with Crippen LogP contribution in [0.3, 0.4) is 0 Å². The van der Waals surface area contributed by atoms with Gasteiger partial charge in [-0.25, -0.2) is 0 Å². The van der Waals surface area contributed by atoms with Gasteiger partial charge in [0.25, 0.3) is 0 Å². The van der Waals surface area contributed by atoms with Gasteiger partial charge in [-0.2, -0.15) is 0 Å². The third kappa shape index (κ3) is 2.45. The van der Waals surface area contributed by atoms with Crippen molar-refractivity contribution < 1.29 is 4.74 Å². The standard InChI is InChI=1S/C9H5Cl3O/c1-2-5-13-9-7(11)4-3-6(10)8(9)12/h1,3-4H,5H2. The van der Waals surface area contributed by atoms with Gasteiger partial charge in [-0.15, -0.1) is 6.42 Å². The molecule has 0 heterocycles. The SMILES string of the molecule is C#CCOc1c(Cl)ccc(Cl)c1Cl. The Kier molecular flexibility index (Phi) is 3.74. The number of rotatable bonds is 2. The first-order valence-electron chi connectivity index (χ1n) is 3.36. The highest BCUT2D eigenvalue weighted by atomic mass is 35.5. The van der Waals surface area contributed by atoms with Crippen LogP contribution >= 0.6 is 34.8 Å². The second kappa shape index (κ2) is 4.62. The van der Waals surface area contributed by atoms with E-state index in [0.717, 1.165) is 0 Å². The molecule has 0 fully saturated rings. The van der Waals surface area contributed by atoms with Crippen LogP contribution in [0, 0.1) is 12.3 Å². The fourth-order valence-corrected chi connectivity index (χ4v) is 1.38. The zero-order valence-electron chi connectivity index (χ0n) is 6.48. The molecule has 1 aromatic rings. The van der Waals surface area contributed by atoms with Gasteiger partial charge in [-0.05, 0) is 12.1 Å². The predicted molar refractivity (Wildman–Crippen MR) is 55.8 cm³/mol. The lowest BCUT2D eigenvalue weighted by molar-refractivity contribution is 0.371. The molecule has 1 nitrogen and oxygen atoms in total. The summed E-state index contributed by atoms with van der Waals surface area (Å²) in [4.78, 5) is 0. The summed E-state index contributed by atoms with van der Waals surface area (Å²) in [5.74, 6) is 2.64. The number of terminal acetylenes is 1. The number of hydrogen-bond donors (Lipinski definition) is 0. The minimum absolute atomic E-state index is 0.111. The Labute approximate surface area is 91.5 Å². The van der Waals surface area contributed by atoms with Gasteiger partial charge in [0.05, 0.1) is 10.0 Å². The molecule has 0 atom stereocenters. The monoisotopic (exact) mass is 234 g/mol. The molecule has 1 rings (SSSR count). The van der Waals surface area contributed by atoms with Crippen molar-refractivity contribution in [1.82, 2.24) is 0 Å². The Hall–Kier alpha value is -0.550. The van der Waals surface area contributed by atoms with Crippen LogP contribution in [0.25, 0.3) is 0 Å². The Morgan fingerprint density at radius 3 is 2.46 bits per heavy atom. The summed E-state index contributed by atoms with van der Waals surface area (Å²) < 4.78 is 5.11. The average Bonchev–Trinajstić information content (AvgIpc) is 2.12. The molecule has 0 aliphatic rings. The third-order valence-electron chi connectivity index (χ3n) is 1.30. The quantitative estimate of drug-likeness (QED) is 0.561. The fourth-order valence-electron chi connectivity index (χ4n) is 0.755.